The van der Waals surface area contributed by atoms with E-state index in [0.717, 1.165) is 30.4 Å². The first-order valence-electron chi connectivity index (χ1n) is 9.35. The molecule has 3 rings (SSSR count). The molecule has 0 aromatic carbocycles. The summed E-state index contributed by atoms with van der Waals surface area (Å²) in [5.41, 5.74) is 1.46. The van der Waals surface area contributed by atoms with Crippen LogP contribution in [0.5, 0.6) is 0 Å². The van der Waals surface area contributed by atoms with Crippen LogP contribution in [0.4, 0.5) is 0 Å². The number of hydrogen-bond donors (Lipinski definition) is 3. The first kappa shape index (κ1) is 18.6. The lowest BCUT2D eigenvalue weighted by atomic mass is 9.61. The van der Waals surface area contributed by atoms with Crippen molar-refractivity contribution >= 4 is 5.78 Å². The lowest BCUT2D eigenvalue weighted by molar-refractivity contribution is -0.150. The van der Waals surface area contributed by atoms with Crippen LogP contribution in [0.2, 0.25) is 0 Å². The second-order valence-corrected chi connectivity index (χ2v) is 8.40. The third kappa shape index (κ3) is 3.05. The van der Waals surface area contributed by atoms with Gasteiger partial charge in [0.1, 0.15) is 5.60 Å². The molecule has 3 N–H and O–H groups in total. The topological polar surface area (TPSA) is 77.8 Å². The Morgan fingerprint density at radius 3 is 2.68 bits per heavy atom. The van der Waals surface area contributed by atoms with Gasteiger partial charge in [-0.05, 0) is 69.4 Å². The quantitative estimate of drug-likeness (QED) is 0.734. The Kier molecular flexibility index (Phi) is 4.82. The number of allylic oxidation sites excluding steroid dienone is 4. The fraction of sp³-hybridized carbons (Fsp3) is 0.667. The van der Waals surface area contributed by atoms with E-state index in [1.807, 2.05) is 25.2 Å². The molecule has 0 aromatic heterocycles. The summed E-state index contributed by atoms with van der Waals surface area (Å²) in [6, 6.07) is 0. The summed E-state index contributed by atoms with van der Waals surface area (Å²) in [5, 5.41) is 31.3. The Balaban J connectivity index is 1.90. The summed E-state index contributed by atoms with van der Waals surface area (Å²) in [6.45, 7) is 5.49. The monoisotopic (exact) mass is 346 g/mol. The molecule has 0 heterocycles. The van der Waals surface area contributed by atoms with Crippen molar-refractivity contribution in [3.05, 3.63) is 34.9 Å². The summed E-state index contributed by atoms with van der Waals surface area (Å²) < 4.78 is 0. The predicted octanol–water partition coefficient (Wildman–Crippen LogP) is 2.83. The molecule has 0 bridgehead atoms. The van der Waals surface area contributed by atoms with Crippen LogP contribution >= 0.6 is 0 Å². The molecule has 0 aliphatic heterocycles. The molecule has 4 heteroatoms. The van der Waals surface area contributed by atoms with Gasteiger partial charge in [0.2, 0.25) is 0 Å². The highest BCUT2D eigenvalue weighted by Gasteiger charge is 2.61. The molecule has 25 heavy (non-hydrogen) atoms. The van der Waals surface area contributed by atoms with Crippen LogP contribution < -0.4 is 0 Å². The van der Waals surface area contributed by atoms with Crippen molar-refractivity contribution in [2.45, 2.75) is 77.1 Å². The first-order chi connectivity index (χ1) is 11.7. The van der Waals surface area contributed by atoms with Crippen LogP contribution in [-0.4, -0.2) is 38.9 Å². The number of fused-ring (bicyclic) bond motifs is 1. The minimum absolute atomic E-state index is 0.0653. The van der Waals surface area contributed by atoms with Crippen LogP contribution in [0.1, 0.15) is 59.3 Å². The van der Waals surface area contributed by atoms with Crippen LogP contribution in [-0.2, 0) is 4.79 Å². The number of carbonyl (C=O) groups excluding carboxylic acids is 1. The highest BCUT2D eigenvalue weighted by atomic mass is 16.3. The largest absolute Gasteiger partial charge is 0.393 e. The summed E-state index contributed by atoms with van der Waals surface area (Å²) in [4.78, 5) is 12.1. The van der Waals surface area contributed by atoms with Gasteiger partial charge in [0.05, 0.1) is 12.2 Å². The maximum absolute atomic E-state index is 12.1. The number of aliphatic hydroxyl groups is 3. The molecule has 0 saturated heterocycles. The zero-order valence-corrected chi connectivity index (χ0v) is 15.5. The Morgan fingerprint density at radius 2 is 2.00 bits per heavy atom. The smallest absolute Gasteiger partial charge is 0.161 e. The molecule has 1 saturated carbocycles. The molecule has 3 aliphatic rings. The van der Waals surface area contributed by atoms with Crippen molar-refractivity contribution in [1.82, 2.24) is 0 Å². The lowest BCUT2D eigenvalue weighted by Gasteiger charge is -2.45. The van der Waals surface area contributed by atoms with Gasteiger partial charge in [-0.15, -0.1) is 0 Å². The predicted molar refractivity (Wildman–Crippen MR) is 96.9 cm³/mol. The van der Waals surface area contributed by atoms with Crippen LogP contribution in [0.15, 0.2) is 34.9 Å². The van der Waals surface area contributed by atoms with Crippen molar-refractivity contribution in [1.29, 1.82) is 0 Å². The van der Waals surface area contributed by atoms with Crippen LogP contribution in [0, 0.1) is 11.3 Å². The van der Waals surface area contributed by atoms with Gasteiger partial charge in [-0.2, -0.15) is 0 Å². The van der Waals surface area contributed by atoms with E-state index in [1.165, 1.54) is 12.5 Å². The van der Waals surface area contributed by atoms with E-state index < -0.39 is 17.1 Å². The lowest BCUT2D eigenvalue weighted by Crippen LogP contribution is -2.53. The van der Waals surface area contributed by atoms with Crippen LogP contribution in [0.3, 0.4) is 0 Å². The maximum Gasteiger partial charge on any atom is 0.161 e. The van der Waals surface area contributed by atoms with Crippen molar-refractivity contribution in [3.8, 4) is 0 Å². The fourth-order valence-corrected chi connectivity index (χ4v) is 5.15. The molecule has 1 fully saturated rings. The molecule has 4 nitrogen and oxygen atoms in total. The number of rotatable bonds is 3. The van der Waals surface area contributed by atoms with Gasteiger partial charge in [0.15, 0.2) is 5.78 Å². The van der Waals surface area contributed by atoms with Crippen molar-refractivity contribution in [2.75, 3.05) is 0 Å². The van der Waals surface area contributed by atoms with E-state index in [0.29, 0.717) is 19.3 Å². The fourth-order valence-electron chi connectivity index (χ4n) is 5.15. The molecular weight excluding hydrogens is 316 g/mol. The molecule has 0 radical (unpaired) electrons. The zero-order chi connectivity index (χ0) is 18.4. The minimum Gasteiger partial charge on any atom is -0.393 e. The van der Waals surface area contributed by atoms with Crippen molar-refractivity contribution in [3.63, 3.8) is 0 Å². The standard InChI is InChI=1S/C21H30O4/c1-13-4-7-17(23)10-15(13)5-6-16-11-18(24)12-20(3)19(16)8-9-21(20,25)14(2)22/h5-6,11,17-19,23-25H,4,7-10,12H2,1-3H3/b6-5+/t17-,18+,19-,20-,21-/m0/s1. The second-order valence-electron chi connectivity index (χ2n) is 8.40. The van der Waals surface area contributed by atoms with Gasteiger partial charge in [-0.1, -0.05) is 30.7 Å². The number of carbonyl (C=O) groups is 1. The molecule has 0 amide bonds. The highest BCUT2D eigenvalue weighted by molar-refractivity contribution is 5.86. The summed E-state index contributed by atoms with van der Waals surface area (Å²) in [5.74, 6) is -0.139. The van der Waals surface area contributed by atoms with Crippen LogP contribution in [0.25, 0.3) is 0 Å². The molecule has 5 atom stereocenters. The Labute approximate surface area is 149 Å². The average Bonchev–Trinajstić information content (AvgIpc) is 2.80. The maximum atomic E-state index is 12.1. The van der Waals surface area contributed by atoms with E-state index in [2.05, 4.69) is 6.92 Å². The summed E-state index contributed by atoms with van der Waals surface area (Å²) in [7, 11) is 0. The minimum atomic E-state index is -1.36. The highest BCUT2D eigenvalue weighted by Crippen LogP contribution is 2.58. The Bertz CT molecular complexity index is 659. The van der Waals surface area contributed by atoms with E-state index in [1.54, 1.807) is 0 Å². The number of ketones is 1. The van der Waals surface area contributed by atoms with E-state index in [9.17, 15) is 20.1 Å². The van der Waals surface area contributed by atoms with E-state index >= 15 is 0 Å². The number of Topliss-reactive ketones (excluding diaryl/α,β-unsaturated/α-hetero) is 1. The number of aliphatic hydroxyl groups excluding tert-OH is 2. The molecule has 0 spiro atoms. The zero-order valence-electron chi connectivity index (χ0n) is 15.5. The second kappa shape index (κ2) is 6.49. The molecule has 138 valence electrons. The van der Waals surface area contributed by atoms with E-state index in [-0.39, 0.29) is 17.8 Å². The van der Waals surface area contributed by atoms with E-state index in [4.69, 9.17) is 0 Å². The van der Waals surface area contributed by atoms with Crippen molar-refractivity contribution < 1.29 is 20.1 Å². The van der Waals surface area contributed by atoms with Gasteiger partial charge in [0.25, 0.3) is 0 Å². The SMILES string of the molecule is CC(=O)[C@@]1(O)CC[C@H]2C(/C=C/C3=C(C)CC[C@H](O)C3)=C[C@@H](O)C[C@@]21C. The third-order valence-electron chi connectivity index (χ3n) is 6.84. The first-order valence-corrected chi connectivity index (χ1v) is 9.35. The summed E-state index contributed by atoms with van der Waals surface area (Å²) in [6.07, 6.45) is 8.99. The normalized spacial score (nSPS) is 41.8. The van der Waals surface area contributed by atoms with Gasteiger partial charge < -0.3 is 15.3 Å². The summed E-state index contributed by atoms with van der Waals surface area (Å²) >= 11 is 0. The average molecular weight is 346 g/mol. The molecular formula is C21H30O4. The molecule has 3 aliphatic carbocycles. The van der Waals surface area contributed by atoms with Gasteiger partial charge in [0, 0.05) is 5.41 Å². The van der Waals surface area contributed by atoms with Gasteiger partial charge >= 0.3 is 0 Å². The number of hydrogen-bond acceptors (Lipinski definition) is 4. The van der Waals surface area contributed by atoms with Gasteiger partial charge in [-0.3, -0.25) is 4.79 Å². The third-order valence-corrected chi connectivity index (χ3v) is 6.84. The Hall–Kier alpha value is -1.23. The Morgan fingerprint density at radius 1 is 1.28 bits per heavy atom. The van der Waals surface area contributed by atoms with Crippen molar-refractivity contribution in [2.24, 2.45) is 11.3 Å². The van der Waals surface area contributed by atoms with Gasteiger partial charge in [-0.25, -0.2) is 0 Å². The molecule has 0 aromatic rings. The molecule has 0 unspecified atom stereocenters.